The summed E-state index contributed by atoms with van der Waals surface area (Å²) in [6, 6.07) is 8.91. The topological polar surface area (TPSA) is 107 Å². The van der Waals surface area contributed by atoms with Crippen LogP contribution in [0.1, 0.15) is 16.1 Å². The molecule has 1 amide bonds. The van der Waals surface area contributed by atoms with Gasteiger partial charge in [-0.05, 0) is 23.6 Å². The Hall–Kier alpha value is -3.07. The smallest absolute Gasteiger partial charge is 0.311 e. The quantitative estimate of drug-likeness (QED) is 0.333. The van der Waals surface area contributed by atoms with Gasteiger partial charge in [0.1, 0.15) is 0 Å². The van der Waals surface area contributed by atoms with E-state index in [4.69, 9.17) is 4.74 Å². The number of Topliss-reactive ketones (excluding diaryl/α,β-unsaturated/α-hetero) is 1. The molecule has 1 aliphatic rings. The second kappa shape index (κ2) is 7.44. The van der Waals surface area contributed by atoms with E-state index in [1.165, 1.54) is 40.5 Å². The van der Waals surface area contributed by atoms with Gasteiger partial charge < -0.3 is 9.64 Å². The summed E-state index contributed by atoms with van der Waals surface area (Å²) in [6.07, 6.45) is -0.0248. The number of hydrogen-bond donors (Lipinski definition) is 0. The van der Waals surface area contributed by atoms with Crippen molar-refractivity contribution < 1.29 is 24.0 Å². The van der Waals surface area contributed by atoms with Crippen molar-refractivity contribution in [3.8, 4) is 0 Å². The zero-order valence-electron chi connectivity index (χ0n) is 13.5. The Balaban J connectivity index is 1.59. The number of ether oxygens (including phenoxy) is 1. The van der Waals surface area contributed by atoms with Gasteiger partial charge >= 0.3 is 5.97 Å². The fourth-order valence-corrected chi connectivity index (χ4v) is 3.28. The van der Waals surface area contributed by atoms with Crippen LogP contribution in [0.5, 0.6) is 0 Å². The molecule has 1 fully saturated rings. The number of benzene rings is 1. The lowest BCUT2D eigenvalue weighted by molar-refractivity contribution is -0.384. The predicted molar refractivity (Wildman–Crippen MR) is 93.2 cm³/mol. The number of rotatable bonds is 6. The van der Waals surface area contributed by atoms with Gasteiger partial charge in [-0.1, -0.05) is 6.07 Å². The van der Waals surface area contributed by atoms with Crippen molar-refractivity contribution in [1.82, 2.24) is 0 Å². The van der Waals surface area contributed by atoms with E-state index in [0.717, 1.165) is 0 Å². The molecule has 2 heterocycles. The lowest BCUT2D eigenvalue weighted by Gasteiger charge is -2.16. The fourth-order valence-electron chi connectivity index (χ4n) is 2.63. The number of anilines is 1. The number of nitrogens with zero attached hydrogens (tertiary/aromatic N) is 2. The number of nitro groups is 1. The Morgan fingerprint density at radius 3 is 2.62 bits per heavy atom. The van der Waals surface area contributed by atoms with Crippen molar-refractivity contribution >= 4 is 40.4 Å². The molecule has 0 bridgehead atoms. The Morgan fingerprint density at radius 1 is 1.27 bits per heavy atom. The molecule has 0 radical (unpaired) electrons. The van der Waals surface area contributed by atoms with E-state index in [2.05, 4.69) is 0 Å². The minimum absolute atomic E-state index is 0.0248. The number of hydrogen-bond acceptors (Lipinski definition) is 7. The second-order valence-corrected chi connectivity index (χ2v) is 6.63. The molecule has 26 heavy (non-hydrogen) atoms. The molecule has 8 nitrogen and oxygen atoms in total. The van der Waals surface area contributed by atoms with Crippen molar-refractivity contribution in [2.75, 3.05) is 18.1 Å². The van der Waals surface area contributed by atoms with E-state index in [9.17, 15) is 24.5 Å². The number of thiophene rings is 1. The van der Waals surface area contributed by atoms with Crippen LogP contribution in [0.4, 0.5) is 11.4 Å². The van der Waals surface area contributed by atoms with Crippen LogP contribution in [-0.2, 0) is 14.3 Å². The van der Waals surface area contributed by atoms with Gasteiger partial charge in [0.25, 0.3) is 5.69 Å². The molecule has 1 aromatic carbocycles. The molecule has 9 heteroatoms. The van der Waals surface area contributed by atoms with Gasteiger partial charge in [-0.2, -0.15) is 0 Å². The molecule has 0 saturated carbocycles. The molecule has 0 aliphatic carbocycles. The number of amides is 1. The second-order valence-electron chi connectivity index (χ2n) is 5.69. The van der Waals surface area contributed by atoms with Crippen LogP contribution < -0.4 is 4.90 Å². The summed E-state index contributed by atoms with van der Waals surface area (Å²) in [5.74, 6) is -1.84. The maximum atomic E-state index is 12.2. The Labute approximate surface area is 152 Å². The van der Waals surface area contributed by atoms with E-state index in [1.807, 2.05) is 0 Å². The van der Waals surface area contributed by atoms with Crippen molar-refractivity contribution in [2.45, 2.75) is 6.42 Å². The van der Waals surface area contributed by atoms with Crippen LogP contribution in [0.25, 0.3) is 0 Å². The van der Waals surface area contributed by atoms with Crippen LogP contribution >= 0.6 is 11.3 Å². The summed E-state index contributed by atoms with van der Waals surface area (Å²) in [5.41, 5.74) is 0.397. The number of ketones is 1. The molecular formula is C17H14N2O6S. The van der Waals surface area contributed by atoms with Gasteiger partial charge in [0.2, 0.25) is 11.7 Å². The summed E-state index contributed by atoms with van der Waals surface area (Å²) in [6.45, 7) is -0.246. The predicted octanol–water partition coefficient (Wildman–Crippen LogP) is 2.44. The van der Waals surface area contributed by atoms with Gasteiger partial charge in [-0.3, -0.25) is 24.5 Å². The first-order valence-electron chi connectivity index (χ1n) is 7.74. The van der Waals surface area contributed by atoms with E-state index < -0.39 is 16.8 Å². The Kier molecular flexibility index (Phi) is 5.08. The third-order valence-electron chi connectivity index (χ3n) is 3.97. The molecule has 134 valence electrons. The maximum Gasteiger partial charge on any atom is 0.311 e. The molecule has 1 aromatic heterocycles. The molecule has 0 unspecified atom stereocenters. The number of non-ortho nitro benzene ring substituents is 1. The lowest BCUT2D eigenvalue weighted by Crippen LogP contribution is -2.27. The van der Waals surface area contributed by atoms with Gasteiger partial charge in [0.05, 0.1) is 15.7 Å². The monoisotopic (exact) mass is 374 g/mol. The normalized spacial score (nSPS) is 16.5. The van der Waals surface area contributed by atoms with Crippen LogP contribution in [-0.4, -0.2) is 35.7 Å². The number of nitro benzene ring substituents is 1. The zero-order valence-corrected chi connectivity index (χ0v) is 14.3. The van der Waals surface area contributed by atoms with Gasteiger partial charge in [0.15, 0.2) is 6.61 Å². The minimum atomic E-state index is -0.672. The molecule has 1 atom stereocenters. The average molecular weight is 374 g/mol. The maximum absolute atomic E-state index is 12.2. The van der Waals surface area contributed by atoms with Gasteiger partial charge in [0, 0.05) is 30.8 Å². The van der Waals surface area contributed by atoms with Crippen LogP contribution in [0, 0.1) is 16.0 Å². The molecule has 0 N–H and O–H groups in total. The highest BCUT2D eigenvalue weighted by Gasteiger charge is 2.36. The van der Waals surface area contributed by atoms with Crippen LogP contribution in [0.2, 0.25) is 0 Å². The van der Waals surface area contributed by atoms with Gasteiger partial charge in [-0.15, -0.1) is 11.3 Å². The zero-order chi connectivity index (χ0) is 18.7. The van der Waals surface area contributed by atoms with E-state index in [0.29, 0.717) is 10.6 Å². The molecule has 2 aromatic rings. The molecule has 1 saturated heterocycles. The minimum Gasteiger partial charge on any atom is -0.457 e. The van der Waals surface area contributed by atoms with Crippen molar-refractivity contribution in [3.05, 3.63) is 56.8 Å². The largest absolute Gasteiger partial charge is 0.457 e. The highest BCUT2D eigenvalue weighted by atomic mass is 32.1. The molecule has 0 spiro atoms. The van der Waals surface area contributed by atoms with Crippen molar-refractivity contribution in [3.63, 3.8) is 0 Å². The highest BCUT2D eigenvalue weighted by Crippen LogP contribution is 2.27. The summed E-state index contributed by atoms with van der Waals surface area (Å²) in [4.78, 5) is 48.2. The standard InChI is InChI=1S/C17H14N2O6S/c20-14(15-2-1-7-26-15)10-25-17(22)11-8-16(21)18(9-11)12-3-5-13(6-4-12)19(23)24/h1-7,11H,8-10H2/t11-/m0/s1. The van der Waals surface area contributed by atoms with E-state index in [1.54, 1.807) is 17.5 Å². The lowest BCUT2D eigenvalue weighted by atomic mass is 10.1. The first kappa shape index (κ1) is 17.7. The van der Waals surface area contributed by atoms with Crippen molar-refractivity contribution in [2.24, 2.45) is 5.92 Å². The summed E-state index contributed by atoms with van der Waals surface area (Å²) in [5, 5.41) is 12.4. The summed E-state index contributed by atoms with van der Waals surface area (Å²) < 4.78 is 5.04. The van der Waals surface area contributed by atoms with E-state index >= 15 is 0 Å². The number of carbonyl (C=O) groups excluding carboxylic acids is 3. The first-order valence-corrected chi connectivity index (χ1v) is 8.62. The SMILES string of the molecule is O=C(COC(=O)[C@H]1CC(=O)N(c2ccc([N+](=O)[O-])cc2)C1)c1cccs1. The number of esters is 1. The van der Waals surface area contributed by atoms with Crippen LogP contribution in [0.3, 0.4) is 0 Å². The van der Waals surface area contributed by atoms with Gasteiger partial charge in [-0.25, -0.2) is 0 Å². The first-order chi connectivity index (χ1) is 12.5. The molecule has 1 aliphatic heterocycles. The number of carbonyl (C=O) groups is 3. The molecular weight excluding hydrogens is 360 g/mol. The summed E-state index contributed by atoms with van der Waals surface area (Å²) in [7, 11) is 0. The van der Waals surface area contributed by atoms with Crippen molar-refractivity contribution in [1.29, 1.82) is 0 Å². The third kappa shape index (κ3) is 3.77. The average Bonchev–Trinajstić information content (AvgIpc) is 3.29. The highest BCUT2D eigenvalue weighted by molar-refractivity contribution is 7.12. The summed E-state index contributed by atoms with van der Waals surface area (Å²) >= 11 is 1.27. The van der Waals surface area contributed by atoms with E-state index in [-0.39, 0.29) is 37.0 Å². The Bertz CT molecular complexity index is 847. The third-order valence-corrected chi connectivity index (χ3v) is 4.88. The molecule has 3 rings (SSSR count). The fraction of sp³-hybridized carbons (Fsp3) is 0.235. The Morgan fingerprint density at radius 2 is 2.00 bits per heavy atom. The van der Waals surface area contributed by atoms with Crippen LogP contribution in [0.15, 0.2) is 41.8 Å².